The van der Waals surface area contributed by atoms with Gasteiger partial charge in [0, 0.05) is 16.5 Å². The van der Waals surface area contributed by atoms with E-state index in [1.165, 1.54) is 21.9 Å². The van der Waals surface area contributed by atoms with Gasteiger partial charge < -0.3 is 9.47 Å². The Balaban J connectivity index is 1.97. The summed E-state index contributed by atoms with van der Waals surface area (Å²) < 4.78 is 12.3. The van der Waals surface area contributed by atoms with Gasteiger partial charge in [0.2, 0.25) is 0 Å². The van der Waals surface area contributed by atoms with Gasteiger partial charge in [0.15, 0.2) is 11.5 Å². The van der Waals surface area contributed by atoms with Crippen molar-refractivity contribution >= 4 is 22.3 Å². The molecule has 1 heterocycles. The van der Waals surface area contributed by atoms with Crippen LogP contribution < -0.4 is 0 Å². The van der Waals surface area contributed by atoms with Gasteiger partial charge in [-0.1, -0.05) is 43.3 Å². The van der Waals surface area contributed by atoms with Gasteiger partial charge in [0.1, 0.15) is 12.2 Å². The molecule has 0 bridgehead atoms. The van der Waals surface area contributed by atoms with E-state index in [4.69, 9.17) is 9.47 Å². The fourth-order valence-corrected chi connectivity index (χ4v) is 2.88. The molecule has 0 spiro atoms. The Morgan fingerprint density at radius 2 is 1.74 bits per heavy atom. The quantitative estimate of drug-likeness (QED) is 0.757. The molecule has 2 aliphatic rings. The molecule has 2 heteroatoms. The largest absolute Gasteiger partial charge is 0.485 e. The molecular formula is C17H16O2. The molecule has 2 aromatic carbocycles. The van der Waals surface area contributed by atoms with E-state index in [1.54, 1.807) is 0 Å². The van der Waals surface area contributed by atoms with E-state index in [0.29, 0.717) is 6.61 Å². The zero-order chi connectivity index (χ0) is 13.0. The Morgan fingerprint density at radius 1 is 1.05 bits per heavy atom. The third-order valence-electron chi connectivity index (χ3n) is 4.22. The molecule has 0 radical (unpaired) electrons. The van der Waals surface area contributed by atoms with Gasteiger partial charge in [-0.3, -0.25) is 0 Å². The van der Waals surface area contributed by atoms with Crippen molar-refractivity contribution in [1.82, 2.24) is 0 Å². The first-order valence-electron chi connectivity index (χ1n) is 6.80. The van der Waals surface area contributed by atoms with E-state index in [9.17, 15) is 0 Å². The second kappa shape index (κ2) is 3.53. The van der Waals surface area contributed by atoms with E-state index in [0.717, 1.165) is 17.9 Å². The Labute approximate surface area is 112 Å². The molecular weight excluding hydrogens is 236 g/mol. The van der Waals surface area contributed by atoms with Gasteiger partial charge in [0.25, 0.3) is 0 Å². The average Bonchev–Trinajstić information content (AvgIpc) is 2.76. The van der Waals surface area contributed by atoms with Crippen molar-refractivity contribution in [3.8, 4) is 0 Å². The first kappa shape index (κ1) is 10.9. The summed E-state index contributed by atoms with van der Waals surface area (Å²) in [5, 5.41) is 2.50. The minimum Gasteiger partial charge on any atom is -0.485 e. The van der Waals surface area contributed by atoms with Crippen molar-refractivity contribution in [2.45, 2.75) is 25.9 Å². The molecule has 0 saturated heterocycles. The highest BCUT2D eigenvalue weighted by Crippen LogP contribution is 2.47. The minimum atomic E-state index is -0.219. The van der Waals surface area contributed by atoms with E-state index >= 15 is 0 Å². The Bertz CT molecular complexity index is 709. The lowest BCUT2D eigenvalue weighted by Crippen LogP contribution is -2.35. The standard InChI is InChI=1S/C17H16O2/c1-3-17(2)10-18-15-12-8-4-6-11-7-5-9-13(14(11)12)16(15)19-17/h4-9H,3,10H2,1-2H3. The third kappa shape index (κ3) is 1.37. The molecule has 0 N–H and O–H groups in total. The summed E-state index contributed by atoms with van der Waals surface area (Å²) in [7, 11) is 0. The van der Waals surface area contributed by atoms with Crippen molar-refractivity contribution in [3.63, 3.8) is 0 Å². The molecule has 0 amide bonds. The highest BCUT2D eigenvalue weighted by atomic mass is 16.6. The highest BCUT2D eigenvalue weighted by Gasteiger charge is 2.38. The molecule has 1 aliphatic carbocycles. The van der Waals surface area contributed by atoms with Crippen LogP contribution in [0, 0.1) is 0 Å². The summed E-state index contributed by atoms with van der Waals surface area (Å²) in [6, 6.07) is 12.7. The number of hydrogen-bond acceptors (Lipinski definition) is 2. The van der Waals surface area contributed by atoms with Gasteiger partial charge in [-0.05, 0) is 18.7 Å². The van der Waals surface area contributed by atoms with Crippen LogP contribution in [0.3, 0.4) is 0 Å². The lowest BCUT2D eigenvalue weighted by molar-refractivity contribution is -0.0206. The van der Waals surface area contributed by atoms with Crippen LogP contribution in [0.15, 0.2) is 36.4 Å². The fraction of sp³-hybridized carbons (Fsp3) is 0.294. The van der Waals surface area contributed by atoms with Crippen LogP contribution in [0.25, 0.3) is 22.3 Å². The summed E-state index contributed by atoms with van der Waals surface area (Å²) in [6.45, 7) is 4.87. The van der Waals surface area contributed by atoms with Crippen LogP contribution in [0.4, 0.5) is 0 Å². The lowest BCUT2D eigenvalue weighted by Gasteiger charge is -2.34. The van der Waals surface area contributed by atoms with Crippen LogP contribution in [0.5, 0.6) is 0 Å². The van der Waals surface area contributed by atoms with Crippen molar-refractivity contribution in [1.29, 1.82) is 0 Å². The molecule has 0 fully saturated rings. The SMILES string of the molecule is CCC1(C)COC2=C(O1)c1cccc3cccc2c13. The smallest absolute Gasteiger partial charge is 0.170 e. The first-order valence-corrected chi connectivity index (χ1v) is 6.80. The molecule has 2 aromatic rings. The van der Waals surface area contributed by atoms with Crippen LogP contribution >= 0.6 is 0 Å². The number of fused-ring (bicyclic) bond motifs is 2. The molecule has 96 valence electrons. The molecule has 19 heavy (non-hydrogen) atoms. The van der Waals surface area contributed by atoms with Crippen LogP contribution in [0.1, 0.15) is 31.4 Å². The summed E-state index contributed by atoms with van der Waals surface area (Å²) in [6.07, 6.45) is 0.941. The van der Waals surface area contributed by atoms with E-state index in [-0.39, 0.29) is 5.60 Å². The second-order valence-electron chi connectivity index (χ2n) is 5.56. The highest BCUT2D eigenvalue weighted by molar-refractivity contribution is 6.10. The van der Waals surface area contributed by atoms with Gasteiger partial charge in [0.05, 0.1) is 0 Å². The van der Waals surface area contributed by atoms with Crippen LogP contribution in [0.2, 0.25) is 0 Å². The topological polar surface area (TPSA) is 18.5 Å². The zero-order valence-corrected chi connectivity index (χ0v) is 11.2. The third-order valence-corrected chi connectivity index (χ3v) is 4.22. The zero-order valence-electron chi connectivity index (χ0n) is 11.2. The van der Waals surface area contributed by atoms with Gasteiger partial charge in [-0.2, -0.15) is 0 Å². The average molecular weight is 252 g/mol. The van der Waals surface area contributed by atoms with Gasteiger partial charge in [-0.15, -0.1) is 0 Å². The molecule has 0 aromatic heterocycles. The maximum absolute atomic E-state index is 6.27. The van der Waals surface area contributed by atoms with Crippen molar-refractivity contribution in [2.24, 2.45) is 0 Å². The normalized spacial score (nSPS) is 24.1. The Kier molecular flexibility index (Phi) is 2.03. The van der Waals surface area contributed by atoms with Crippen molar-refractivity contribution in [3.05, 3.63) is 47.5 Å². The lowest BCUT2D eigenvalue weighted by atomic mass is 10.0. The van der Waals surface area contributed by atoms with Crippen LogP contribution in [-0.4, -0.2) is 12.2 Å². The summed E-state index contributed by atoms with van der Waals surface area (Å²) in [5.74, 6) is 1.83. The monoisotopic (exact) mass is 252 g/mol. The number of ether oxygens (including phenoxy) is 2. The summed E-state index contributed by atoms with van der Waals surface area (Å²) in [5.41, 5.74) is 2.12. The summed E-state index contributed by atoms with van der Waals surface area (Å²) >= 11 is 0. The van der Waals surface area contributed by atoms with Gasteiger partial charge in [-0.25, -0.2) is 0 Å². The van der Waals surface area contributed by atoms with Gasteiger partial charge >= 0.3 is 0 Å². The van der Waals surface area contributed by atoms with E-state index < -0.39 is 0 Å². The molecule has 4 rings (SSSR count). The number of hydrogen-bond donors (Lipinski definition) is 0. The second-order valence-corrected chi connectivity index (χ2v) is 5.56. The van der Waals surface area contributed by atoms with Crippen molar-refractivity contribution in [2.75, 3.05) is 6.61 Å². The molecule has 1 aliphatic heterocycles. The first-order chi connectivity index (χ1) is 9.22. The van der Waals surface area contributed by atoms with Crippen molar-refractivity contribution < 1.29 is 9.47 Å². The molecule has 1 unspecified atom stereocenters. The maximum atomic E-state index is 6.27. The molecule has 2 nitrogen and oxygen atoms in total. The predicted octanol–water partition coefficient (Wildman–Crippen LogP) is 4.19. The predicted molar refractivity (Wildman–Crippen MR) is 76.5 cm³/mol. The Hall–Kier alpha value is -1.96. The van der Waals surface area contributed by atoms with E-state index in [1.807, 2.05) is 0 Å². The molecule has 0 saturated carbocycles. The minimum absolute atomic E-state index is 0.219. The fourth-order valence-electron chi connectivity index (χ4n) is 2.88. The summed E-state index contributed by atoms with van der Waals surface area (Å²) in [4.78, 5) is 0. The number of rotatable bonds is 1. The maximum Gasteiger partial charge on any atom is 0.170 e. The Morgan fingerprint density at radius 3 is 2.42 bits per heavy atom. The van der Waals surface area contributed by atoms with E-state index in [2.05, 4.69) is 50.2 Å². The number of benzene rings is 2. The molecule has 1 atom stereocenters. The van der Waals surface area contributed by atoms with Crippen LogP contribution in [-0.2, 0) is 9.47 Å².